The van der Waals surface area contributed by atoms with Crippen LogP contribution in [0.25, 0.3) is 0 Å². The standard InChI is InChI=1S/C16H20N2O2/c1-12(15(17)14-6-4-3-5-7-14)16(19)18(2)10-13-8-9-20-11-13/h3-9,11-12,15H,10,17H2,1-2H3. The normalized spacial score (nSPS) is 13.8. The van der Waals surface area contributed by atoms with Crippen molar-refractivity contribution in [1.29, 1.82) is 0 Å². The molecule has 0 aliphatic carbocycles. The van der Waals surface area contributed by atoms with Crippen molar-refractivity contribution in [3.05, 3.63) is 60.1 Å². The molecule has 20 heavy (non-hydrogen) atoms. The van der Waals surface area contributed by atoms with Crippen LogP contribution < -0.4 is 5.73 Å². The average Bonchev–Trinajstić information content (AvgIpc) is 2.98. The van der Waals surface area contributed by atoms with Crippen LogP contribution in [0.5, 0.6) is 0 Å². The number of carbonyl (C=O) groups is 1. The lowest BCUT2D eigenvalue weighted by molar-refractivity contribution is -0.134. The molecular weight excluding hydrogens is 252 g/mol. The van der Waals surface area contributed by atoms with Crippen LogP contribution in [0.1, 0.15) is 24.1 Å². The zero-order valence-electron chi connectivity index (χ0n) is 11.8. The Balaban J connectivity index is 2.01. The van der Waals surface area contributed by atoms with Gasteiger partial charge in [0.25, 0.3) is 0 Å². The molecule has 4 heteroatoms. The molecule has 2 N–H and O–H groups in total. The molecule has 1 aromatic heterocycles. The van der Waals surface area contributed by atoms with E-state index in [4.69, 9.17) is 10.2 Å². The second kappa shape index (κ2) is 6.39. The highest BCUT2D eigenvalue weighted by molar-refractivity contribution is 5.79. The average molecular weight is 272 g/mol. The van der Waals surface area contributed by atoms with Gasteiger partial charge in [0, 0.05) is 25.2 Å². The summed E-state index contributed by atoms with van der Waals surface area (Å²) >= 11 is 0. The highest BCUT2D eigenvalue weighted by Crippen LogP contribution is 2.21. The van der Waals surface area contributed by atoms with Crippen molar-refractivity contribution in [3.63, 3.8) is 0 Å². The first kappa shape index (κ1) is 14.3. The van der Waals surface area contributed by atoms with E-state index in [0.717, 1.165) is 11.1 Å². The van der Waals surface area contributed by atoms with Crippen LogP contribution >= 0.6 is 0 Å². The maximum Gasteiger partial charge on any atom is 0.227 e. The predicted octanol–water partition coefficient (Wildman–Crippen LogP) is 2.57. The van der Waals surface area contributed by atoms with Gasteiger partial charge in [-0.1, -0.05) is 37.3 Å². The highest BCUT2D eigenvalue weighted by Gasteiger charge is 2.25. The van der Waals surface area contributed by atoms with Crippen LogP contribution in [-0.2, 0) is 11.3 Å². The number of furan rings is 1. The largest absolute Gasteiger partial charge is 0.472 e. The topological polar surface area (TPSA) is 59.5 Å². The molecule has 0 aliphatic rings. The predicted molar refractivity (Wildman–Crippen MR) is 77.7 cm³/mol. The van der Waals surface area contributed by atoms with Gasteiger partial charge in [-0.3, -0.25) is 4.79 Å². The lowest BCUT2D eigenvalue weighted by Crippen LogP contribution is -2.36. The molecule has 2 rings (SSSR count). The number of amides is 1. The first-order chi connectivity index (χ1) is 9.59. The lowest BCUT2D eigenvalue weighted by Gasteiger charge is -2.25. The summed E-state index contributed by atoms with van der Waals surface area (Å²) < 4.78 is 5.01. The first-order valence-electron chi connectivity index (χ1n) is 6.66. The van der Waals surface area contributed by atoms with Gasteiger partial charge in [-0.15, -0.1) is 0 Å². The molecule has 2 atom stereocenters. The van der Waals surface area contributed by atoms with Gasteiger partial charge in [0.05, 0.1) is 18.4 Å². The van der Waals surface area contributed by atoms with Crippen molar-refractivity contribution in [2.45, 2.75) is 19.5 Å². The Morgan fingerprint density at radius 2 is 2.00 bits per heavy atom. The molecule has 1 amide bonds. The van der Waals surface area contributed by atoms with E-state index in [-0.39, 0.29) is 17.9 Å². The van der Waals surface area contributed by atoms with Crippen molar-refractivity contribution in [1.82, 2.24) is 4.90 Å². The Morgan fingerprint density at radius 1 is 1.30 bits per heavy atom. The Labute approximate surface area is 119 Å². The Morgan fingerprint density at radius 3 is 2.60 bits per heavy atom. The minimum Gasteiger partial charge on any atom is -0.472 e. The number of nitrogens with two attached hydrogens (primary N) is 1. The maximum atomic E-state index is 12.4. The summed E-state index contributed by atoms with van der Waals surface area (Å²) in [5.74, 6) is -0.239. The van der Waals surface area contributed by atoms with Gasteiger partial charge in [0.1, 0.15) is 0 Å². The molecule has 0 bridgehead atoms. The first-order valence-corrected chi connectivity index (χ1v) is 6.66. The molecule has 4 nitrogen and oxygen atoms in total. The molecule has 106 valence electrons. The number of carbonyl (C=O) groups excluding carboxylic acids is 1. The van der Waals surface area contributed by atoms with Crippen LogP contribution in [-0.4, -0.2) is 17.9 Å². The van der Waals surface area contributed by atoms with Crippen molar-refractivity contribution in [2.75, 3.05) is 7.05 Å². The van der Waals surface area contributed by atoms with E-state index in [0.29, 0.717) is 6.54 Å². The summed E-state index contributed by atoms with van der Waals surface area (Å²) in [6, 6.07) is 11.3. The maximum absolute atomic E-state index is 12.4. The van der Waals surface area contributed by atoms with E-state index in [2.05, 4.69) is 0 Å². The molecule has 1 aromatic carbocycles. The molecule has 0 spiro atoms. The van der Waals surface area contributed by atoms with E-state index >= 15 is 0 Å². The summed E-state index contributed by atoms with van der Waals surface area (Å²) in [5, 5.41) is 0. The number of hydrogen-bond acceptors (Lipinski definition) is 3. The van der Waals surface area contributed by atoms with Crippen LogP contribution in [0.3, 0.4) is 0 Å². The fourth-order valence-electron chi connectivity index (χ4n) is 2.20. The molecule has 0 fully saturated rings. The number of benzene rings is 1. The van der Waals surface area contributed by atoms with Gasteiger partial charge < -0.3 is 15.1 Å². The Kier molecular flexibility index (Phi) is 4.58. The zero-order valence-corrected chi connectivity index (χ0v) is 11.8. The van der Waals surface area contributed by atoms with Gasteiger partial charge >= 0.3 is 0 Å². The number of nitrogens with zero attached hydrogens (tertiary/aromatic N) is 1. The number of rotatable bonds is 5. The Bertz CT molecular complexity index is 537. The third-order valence-electron chi connectivity index (χ3n) is 3.49. The zero-order chi connectivity index (χ0) is 14.5. The third kappa shape index (κ3) is 3.27. The molecule has 0 aliphatic heterocycles. The minimum absolute atomic E-state index is 0.0301. The highest BCUT2D eigenvalue weighted by atomic mass is 16.3. The van der Waals surface area contributed by atoms with Gasteiger partial charge in [-0.05, 0) is 11.6 Å². The van der Waals surface area contributed by atoms with Gasteiger partial charge in [0.15, 0.2) is 0 Å². The molecule has 2 aromatic rings. The molecular formula is C16H20N2O2. The van der Waals surface area contributed by atoms with Gasteiger partial charge in [-0.25, -0.2) is 0 Å². The third-order valence-corrected chi connectivity index (χ3v) is 3.49. The van der Waals surface area contributed by atoms with Crippen molar-refractivity contribution < 1.29 is 9.21 Å². The summed E-state index contributed by atoms with van der Waals surface area (Å²) in [5.41, 5.74) is 8.13. The second-order valence-electron chi connectivity index (χ2n) is 5.05. The minimum atomic E-state index is -0.296. The fourth-order valence-corrected chi connectivity index (χ4v) is 2.20. The molecule has 0 saturated carbocycles. The quantitative estimate of drug-likeness (QED) is 0.910. The van der Waals surface area contributed by atoms with E-state index < -0.39 is 0 Å². The van der Waals surface area contributed by atoms with E-state index in [1.165, 1.54) is 0 Å². The molecule has 2 unspecified atom stereocenters. The smallest absolute Gasteiger partial charge is 0.227 e. The van der Waals surface area contributed by atoms with Crippen LogP contribution in [0, 0.1) is 5.92 Å². The summed E-state index contributed by atoms with van der Waals surface area (Å²) in [4.78, 5) is 14.1. The van der Waals surface area contributed by atoms with Crippen molar-refractivity contribution in [2.24, 2.45) is 11.7 Å². The summed E-state index contributed by atoms with van der Waals surface area (Å²) in [7, 11) is 1.78. The van der Waals surface area contributed by atoms with E-state index in [1.54, 1.807) is 24.5 Å². The van der Waals surface area contributed by atoms with Crippen LogP contribution in [0.15, 0.2) is 53.3 Å². The summed E-state index contributed by atoms with van der Waals surface area (Å²) in [6.07, 6.45) is 3.25. The van der Waals surface area contributed by atoms with Crippen LogP contribution in [0.4, 0.5) is 0 Å². The van der Waals surface area contributed by atoms with E-state index in [9.17, 15) is 4.79 Å². The van der Waals surface area contributed by atoms with Crippen molar-refractivity contribution >= 4 is 5.91 Å². The second-order valence-corrected chi connectivity index (χ2v) is 5.05. The monoisotopic (exact) mass is 272 g/mol. The van der Waals surface area contributed by atoms with Gasteiger partial charge in [-0.2, -0.15) is 0 Å². The Hall–Kier alpha value is -2.07. The van der Waals surface area contributed by atoms with Crippen LogP contribution in [0.2, 0.25) is 0 Å². The molecule has 0 saturated heterocycles. The SMILES string of the molecule is CC(C(=O)N(C)Cc1ccoc1)C(N)c1ccccc1. The molecule has 1 heterocycles. The van der Waals surface area contributed by atoms with E-state index in [1.807, 2.05) is 43.3 Å². The number of hydrogen-bond donors (Lipinski definition) is 1. The lowest BCUT2D eigenvalue weighted by atomic mass is 9.94. The fraction of sp³-hybridized carbons (Fsp3) is 0.312. The van der Waals surface area contributed by atoms with Gasteiger partial charge in [0.2, 0.25) is 5.91 Å². The molecule has 0 radical (unpaired) electrons. The summed E-state index contributed by atoms with van der Waals surface area (Å²) in [6.45, 7) is 2.40. The van der Waals surface area contributed by atoms with Crippen molar-refractivity contribution in [3.8, 4) is 0 Å².